The Kier molecular flexibility index (Phi) is 4.78. The van der Waals surface area contributed by atoms with Gasteiger partial charge >= 0.3 is 6.18 Å². The molecule has 0 bridgehead atoms. The summed E-state index contributed by atoms with van der Waals surface area (Å²) in [6.45, 7) is 0.0415. The van der Waals surface area contributed by atoms with E-state index in [9.17, 15) is 17.6 Å². The van der Waals surface area contributed by atoms with Crippen molar-refractivity contribution in [3.8, 4) is 0 Å². The Hall–Kier alpha value is -1.27. The molecule has 0 amide bonds. The van der Waals surface area contributed by atoms with Crippen molar-refractivity contribution < 1.29 is 17.6 Å². The van der Waals surface area contributed by atoms with E-state index in [1.54, 1.807) is 18.2 Å². The summed E-state index contributed by atoms with van der Waals surface area (Å²) < 4.78 is 51.7. The van der Waals surface area contributed by atoms with E-state index in [1.807, 2.05) is 0 Å². The molecule has 0 radical (unpaired) electrons. The topological polar surface area (TPSA) is 12.0 Å². The van der Waals surface area contributed by atoms with Crippen LogP contribution in [0.3, 0.4) is 0 Å². The van der Waals surface area contributed by atoms with E-state index in [0.29, 0.717) is 21.2 Å². The highest BCUT2D eigenvalue weighted by Gasteiger charge is 2.31. The van der Waals surface area contributed by atoms with Gasteiger partial charge in [0.1, 0.15) is 5.82 Å². The van der Waals surface area contributed by atoms with Crippen molar-refractivity contribution in [3.63, 3.8) is 0 Å². The van der Waals surface area contributed by atoms with E-state index < -0.39 is 17.6 Å². The van der Waals surface area contributed by atoms with Gasteiger partial charge in [0.25, 0.3) is 0 Å². The molecule has 1 nitrogen and oxygen atoms in total. The smallest absolute Gasteiger partial charge is 0.380 e. The van der Waals surface area contributed by atoms with Gasteiger partial charge in [-0.3, -0.25) is 0 Å². The van der Waals surface area contributed by atoms with E-state index >= 15 is 0 Å². The van der Waals surface area contributed by atoms with E-state index in [1.165, 1.54) is 0 Å². The second-order valence-electron chi connectivity index (χ2n) is 4.30. The van der Waals surface area contributed by atoms with Crippen molar-refractivity contribution in [2.75, 3.05) is 5.32 Å². The molecule has 0 aliphatic heterocycles. The number of benzene rings is 2. The van der Waals surface area contributed by atoms with Crippen molar-refractivity contribution in [1.82, 2.24) is 0 Å². The van der Waals surface area contributed by atoms with Crippen LogP contribution in [0.15, 0.2) is 40.9 Å². The average molecular weight is 383 g/mol. The van der Waals surface area contributed by atoms with Crippen LogP contribution in [-0.4, -0.2) is 0 Å². The lowest BCUT2D eigenvalue weighted by molar-refractivity contribution is -0.137. The van der Waals surface area contributed by atoms with E-state index in [2.05, 4.69) is 21.2 Å². The molecule has 0 unspecified atom stereocenters. The van der Waals surface area contributed by atoms with Gasteiger partial charge in [-0.05, 0) is 51.8 Å². The minimum absolute atomic E-state index is 0.0415. The van der Waals surface area contributed by atoms with Gasteiger partial charge in [0.05, 0.1) is 20.7 Å². The van der Waals surface area contributed by atoms with E-state index in [0.717, 1.165) is 12.1 Å². The van der Waals surface area contributed by atoms with Crippen LogP contribution in [0.25, 0.3) is 0 Å². The molecule has 0 spiro atoms. The van der Waals surface area contributed by atoms with Gasteiger partial charge in [0, 0.05) is 6.54 Å². The number of hydrogen-bond donors (Lipinski definition) is 1. The lowest BCUT2D eigenvalue weighted by atomic mass is 10.1. The van der Waals surface area contributed by atoms with Gasteiger partial charge in [-0.15, -0.1) is 0 Å². The SMILES string of the molecule is Fc1cc(CNc2cccc(Cl)c2Br)cc(C(F)(F)F)c1. The number of anilines is 1. The highest BCUT2D eigenvalue weighted by atomic mass is 79.9. The van der Waals surface area contributed by atoms with Crippen molar-refractivity contribution in [1.29, 1.82) is 0 Å². The van der Waals surface area contributed by atoms with E-state index in [4.69, 9.17) is 11.6 Å². The third-order valence-electron chi connectivity index (χ3n) is 2.72. The van der Waals surface area contributed by atoms with Crippen molar-refractivity contribution in [3.05, 3.63) is 62.8 Å². The van der Waals surface area contributed by atoms with E-state index in [-0.39, 0.29) is 12.1 Å². The highest BCUT2D eigenvalue weighted by molar-refractivity contribution is 9.10. The lowest BCUT2D eigenvalue weighted by Crippen LogP contribution is -2.08. The predicted molar refractivity (Wildman–Crippen MR) is 77.9 cm³/mol. The molecule has 112 valence electrons. The first-order valence-corrected chi connectivity index (χ1v) is 6.99. The number of nitrogens with one attached hydrogen (secondary N) is 1. The minimum Gasteiger partial charge on any atom is -0.380 e. The Labute approximate surface area is 132 Å². The molecular weight excluding hydrogens is 374 g/mol. The quantitative estimate of drug-likeness (QED) is 0.654. The Morgan fingerprint density at radius 3 is 2.52 bits per heavy atom. The largest absolute Gasteiger partial charge is 0.416 e. The third-order valence-corrected chi connectivity index (χ3v) is 4.12. The Morgan fingerprint density at radius 1 is 1.14 bits per heavy atom. The first-order chi connectivity index (χ1) is 9.77. The number of hydrogen-bond acceptors (Lipinski definition) is 1. The standard InChI is InChI=1S/C14H9BrClF4N/c15-13-11(16)2-1-3-12(13)21-7-8-4-9(14(18,19)20)6-10(17)5-8/h1-6,21H,7H2. The zero-order valence-corrected chi connectivity index (χ0v) is 12.8. The fraction of sp³-hybridized carbons (Fsp3) is 0.143. The maximum absolute atomic E-state index is 13.3. The van der Waals surface area contributed by atoms with Gasteiger partial charge in [-0.2, -0.15) is 13.2 Å². The van der Waals surface area contributed by atoms with Crippen LogP contribution in [0.5, 0.6) is 0 Å². The molecule has 2 rings (SSSR count). The van der Waals surface area contributed by atoms with Crippen molar-refractivity contribution in [2.24, 2.45) is 0 Å². The molecule has 0 saturated heterocycles. The molecule has 0 fully saturated rings. The second kappa shape index (κ2) is 6.23. The summed E-state index contributed by atoms with van der Waals surface area (Å²) in [7, 11) is 0. The summed E-state index contributed by atoms with van der Waals surface area (Å²) in [6, 6.07) is 7.51. The summed E-state index contributed by atoms with van der Waals surface area (Å²) >= 11 is 9.18. The van der Waals surface area contributed by atoms with Crippen LogP contribution in [-0.2, 0) is 12.7 Å². The minimum atomic E-state index is -4.58. The van der Waals surface area contributed by atoms with Crippen LogP contribution >= 0.6 is 27.5 Å². The molecule has 21 heavy (non-hydrogen) atoms. The predicted octanol–water partition coefficient (Wildman–Crippen LogP) is 5.87. The summed E-state index contributed by atoms with van der Waals surface area (Å²) in [5.74, 6) is -0.924. The van der Waals surface area contributed by atoms with Crippen molar-refractivity contribution >= 4 is 33.2 Å². The van der Waals surface area contributed by atoms with Gasteiger partial charge in [-0.1, -0.05) is 17.7 Å². The average Bonchev–Trinajstić information content (AvgIpc) is 2.39. The molecule has 1 N–H and O–H groups in total. The molecule has 0 heterocycles. The summed E-state index contributed by atoms with van der Waals surface area (Å²) in [6.07, 6.45) is -4.58. The van der Waals surface area contributed by atoms with Gasteiger partial charge < -0.3 is 5.32 Å². The Bertz CT molecular complexity index is 658. The highest BCUT2D eigenvalue weighted by Crippen LogP contribution is 2.32. The van der Waals surface area contributed by atoms with Crippen LogP contribution < -0.4 is 5.32 Å². The molecule has 0 atom stereocenters. The maximum atomic E-state index is 13.3. The molecule has 2 aromatic rings. The third kappa shape index (κ3) is 4.11. The normalized spacial score (nSPS) is 11.5. The van der Waals surface area contributed by atoms with Gasteiger partial charge in [-0.25, -0.2) is 4.39 Å². The first kappa shape index (κ1) is 16.1. The van der Waals surface area contributed by atoms with Crippen LogP contribution in [0.4, 0.5) is 23.2 Å². The monoisotopic (exact) mass is 381 g/mol. The molecule has 0 saturated carbocycles. The molecule has 2 aromatic carbocycles. The van der Waals surface area contributed by atoms with Gasteiger partial charge in [0.2, 0.25) is 0 Å². The number of rotatable bonds is 3. The first-order valence-electron chi connectivity index (χ1n) is 5.82. The fourth-order valence-corrected chi connectivity index (χ4v) is 2.33. The maximum Gasteiger partial charge on any atom is 0.416 e. The summed E-state index contributed by atoms with van der Waals surface area (Å²) in [5, 5.41) is 3.38. The Balaban J connectivity index is 2.21. The molecule has 7 heteroatoms. The van der Waals surface area contributed by atoms with Gasteiger partial charge in [0.15, 0.2) is 0 Å². The second-order valence-corrected chi connectivity index (χ2v) is 5.50. The molecule has 0 aliphatic rings. The van der Waals surface area contributed by atoms with Crippen LogP contribution in [0, 0.1) is 5.82 Å². The van der Waals surface area contributed by atoms with Crippen molar-refractivity contribution in [2.45, 2.75) is 12.7 Å². The zero-order valence-electron chi connectivity index (χ0n) is 10.4. The van der Waals surface area contributed by atoms with Crippen LogP contribution in [0.1, 0.15) is 11.1 Å². The fourth-order valence-electron chi connectivity index (χ4n) is 1.75. The van der Waals surface area contributed by atoms with Crippen LogP contribution in [0.2, 0.25) is 5.02 Å². The molecule has 0 aliphatic carbocycles. The number of halogens is 6. The zero-order chi connectivity index (χ0) is 15.6. The lowest BCUT2D eigenvalue weighted by Gasteiger charge is -2.12. The molecular formula is C14H9BrClF4N. The summed E-state index contributed by atoms with van der Waals surface area (Å²) in [5.41, 5.74) is -0.209. The molecule has 0 aromatic heterocycles. The number of alkyl halides is 3. The Morgan fingerprint density at radius 2 is 1.86 bits per heavy atom. The summed E-state index contributed by atoms with van der Waals surface area (Å²) in [4.78, 5) is 0.